The minimum atomic E-state index is -0.323. The second-order valence-electron chi connectivity index (χ2n) is 3.90. The Labute approximate surface area is 110 Å². The summed E-state index contributed by atoms with van der Waals surface area (Å²) >= 11 is 0. The Morgan fingerprint density at radius 2 is 2.11 bits per heavy atom. The van der Waals surface area contributed by atoms with E-state index in [-0.39, 0.29) is 12.0 Å². The van der Waals surface area contributed by atoms with Crippen LogP contribution in [0.25, 0.3) is 11.3 Å². The van der Waals surface area contributed by atoms with E-state index < -0.39 is 0 Å². The molecule has 0 unspecified atom stereocenters. The van der Waals surface area contributed by atoms with Gasteiger partial charge in [-0.2, -0.15) is 10.4 Å². The minimum absolute atomic E-state index is 0.0713. The van der Waals surface area contributed by atoms with Gasteiger partial charge in [0.2, 0.25) is 0 Å². The first kappa shape index (κ1) is 12.8. The van der Waals surface area contributed by atoms with Crippen molar-refractivity contribution in [2.24, 2.45) is 0 Å². The van der Waals surface area contributed by atoms with Crippen LogP contribution in [0.5, 0.6) is 5.75 Å². The Balaban J connectivity index is 2.34. The van der Waals surface area contributed by atoms with E-state index >= 15 is 0 Å². The summed E-state index contributed by atoms with van der Waals surface area (Å²) in [5.74, 6) is 0.785. The Kier molecular flexibility index (Phi) is 3.94. The summed E-state index contributed by atoms with van der Waals surface area (Å²) in [6, 6.07) is 11.0. The predicted octanol–water partition coefficient (Wildman–Crippen LogP) is 1.90. The maximum Gasteiger partial charge on any atom is 0.268 e. The minimum Gasteiger partial charge on any atom is -0.494 e. The van der Waals surface area contributed by atoms with Crippen LogP contribution < -0.4 is 10.3 Å². The molecule has 0 aliphatic rings. The van der Waals surface area contributed by atoms with Gasteiger partial charge in [-0.1, -0.05) is 0 Å². The zero-order chi connectivity index (χ0) is 13.7. The van der Waals surface area contributed by atoms with Gasteiger partial charge in [0.1, 0.15) is 5.75 Å². The molecule has 0 radical (unpaired) electrons. The number of H-pyrrole nitrogens is 1. The van der Waals surface area contributed by atoms with Crippen molar-refractivity contribution in [1.82, 2.24) is 10.2 Å². The van der Waals surface area contributed by atoms with E-state index in [4.69, 9.17) is 10.00 Å². The molecule has 1 aromatic heterocycles. The number of ether oxygens (including phenoxy) is 1. The van der Waals surface area contributed by atoms with Crippen molar-refractivity contribution in [1.29, 1.82) is 5.26 Å². The third kappa shape index (κ3) is 2.99. The van der Waals surface area contributed by atoms with Crippen molar-refractivity contribution in [3.63, 3.8) is 0 Å². The predicted molar refractivity (Wildman–Crippen MR) is 70.8 cm³/mol. The van der Waals surface area contributed by atoms with Crippen molar-refractivity contribution in [3.8, 4) is 23.1 Å². The van der Waals surface area contributed by atoms with Crippen LogP contribution in [0.3, 0.4) is 0 Å². The normalized spacial score (nSPS) is 9.89. The first-order valence-corrected chi connectivity index (χ1v) is 5.93. The summed E-state index contributed by atoms with van der Waals surface area (Å²) in [5.41, 5.74) is 1.59. The molecule has 0 amide bonds. The van der Waals surface area contributed by atoms with Crippen molar-refractivity contribution >= 4 is 0 Å². The monoisotopic (exact) mass is 255 g/mol. The van der Waals surface area contributed by atoms with Crippen molar-refractivity contribution in [3.05, 3.63) is 46.2 Å². The molecule has 0 aliphatic heterocycles. The van der Waals surface area contributed by atoms with E-state index in [2.05, 4.69) is 10.2 Å². The van der Waals surface area contributed by atoms with Crippen molar-refractivity contribution < 1.29 is 4.74 Å². The number of nitriles is 1. The fourth-order valence-corrected chi connectivity index (χ4v) is 1.70. The Morgan fingerprint density at radius 1 is 1.37 bits per heavy atom. The van der Waals surface area contributed by atoms with Gasteiger partial charge in [-0.3, -0.25) is 4.79 Å². The summed E-state index contributed by atoms with van der Waals surface area (Å²) in [5, 5.41) is 15.0. The van der Waals surface area contributed by atoms with Gasteiger partial charge in [0.25, 0.3) is 5.56 Å². The molecule has 0 saturated heterocycles. The Morgan fingerprint density at radius 3 is 2.74 bits per heavy atom. The molecule has 1 heterocycles. The number of benzene rings is 1. The lowest BCUT2D eigenvalue weighted by Crippen LogP contribution is -2.14. The van der Waals surface area contributed by atoms with Crippen molar-refractivity contribution in [2.45, 2.75) is 13.3 Å². The van der Waals surface area contributed by atoms with Gasteiger partial charge in [-0.05, 0) is 37.3 Å². The maximum absolute atomic E-state index is 11.4. The van der Waals surface area contributed by atoms with Gasteiger partial charge >= 0.3 is 0 Å². The van der Waals surface area contributed by atoms with Crippen LogP contribution in [0.1, 0.15) is 12.5 Å². The Hall–Kier alpha value is -2.61. The van der Waals surface area contributed by atoms with Gasteiger partial charge in [-0.25, -0.2) is 5.10 Å². The summed E-state index contributed by atoms with van der Waals surface area (Å²) in [6.07, 6.45) is 0.0713. The van der Waals surface area contributed by atoms with Crippen LogP contribution in [-0.4, -0.2) is 16.8 Å². The van der Waals surface area contributed by atoms with Crippen LogP contribution >= 0.6 is 0 Å². The van der Waals surface area contributed by atoms with Crippen LogP contribution in [0.4, 0.5) is 0 Å². The van der Waals surface area contributed by atoms with E-state index in [1.807, 2.05) is 37.3 Å². The number of aromatic amines is 1. The van der Waals surface area contributed by atoms with E-state index in [9.17, 15) is 4.79 Å². The topological polar surface area (TPSA) is 78.8 Å². The van der Waals surface area contributed by atoms with Gasteiger partial charge in [0, 0.05) is 11.1 Å². The Bertz CT molecular complexity index is 654. The molecule has 2 aromatic rings. The van der Waals surface area contributed by atoms with Crippen LogP contribution in [0, 0.1) is 11.3 Å². The zero-order valence-electron chi connectivity index (χ0n) is 10.5. The van der Waals surface area contributed by atoms with Crippen LogP contribution in [0.15, 0.2) is 35.1 Å². The molecule has 19 heavy (non-hydrogen) atoms. The molecule has 1 aromatic carbocycles. The summed E-state index contributed by atoms with van der Waals surface area (Å²) < 4.78 is 5.36. The molecule has 0 aliphatic carbocycles. The molecule has 0 bridgehead atoms. The molecule has 0 saturated carbocycles. The van der Waals surface area contributed by atoms with Crippen molar-refractivity contribution in [2.75, 3.05) is 6.61 Å². The second-order valence-corrected chi connectivity index (χ2v) is 3.90. The summed E-state index contributed by atoms with van der Waals surface area (Å²) in [6.45, 7) is 2.54. The molecule has 5 heteroatoms. The first-order chi connectivity index (χ1) is 9.24. The van der Waals surface area contributed by atoms with E-state index in [0.717, 1.165) is 11.3 Å². The van der Waals surface area contributed by atoms with E-state index in [1.54, 1.807) is 6.07 Å². The average molecular weight is 255 g/mol. The van der Waals surface area contributed by atoms with Gasteiger partial charge in [0.15, 0.2) is 0 Å². The first-order valence-electron chi connectivity index (χ1n) is 5.93. The number of aromatic nitrogens is 2. The molecular formula is C14H13N3O2. The zero-order valence-corrected chi connectivity index (χ0v) is 10.5. The van der Waals surface area contributed by atoms with E-state index in [0.29, 0.717) is 17.9 Å². The van der Waals surface area contributed by atoms with Gasteiger partial charge in [-0.15, -0.1) is 0 Å². The molecule has 2 rings (SSSR count). The number of nitrogens with zero attached hydrogens (tertiary/aromatic N) is 2. The maximum atomic E-state index is 11.4. The number of hydrogen-bond acceptors (Lipinski definition) is 4. The van der Waals surface area contributed by atoms with E-state index in [1.165, 1.54) is 0 Å². The lowest BCUT2D eigenvalue weighted by molar-refractivity contribution is 0.340. The van der Waals surface area contributed by atoms with Crippen LogP contribution in [0.2, 0.25) is 0 Å². The lowest BCUT2D eigenvalue weighted by atomic mass is 10.1. The molecule has 5 nitrogen and oxygen atoms in total. The van der Waals surface area contributed by atoms with Gasteiger partial charge in [0.05, 0.1) is 24.8 Å². The second kappa shape index (κ2) is 5.83. The molecular weight excluding hydrogens is 242 g/mol. The highest BCUT2D eigenvalue weighted by atomic mass is 16.5. The number of nitrogens with one attached hydrogen (secondary N) is 1. The molecule has 0 spiro atoms. The highest BCUT2D eigenvalue weighted by molar-refractivity contribution is 5.60. The van der Waals surface area contributed by atoms with Crippen LogP contribution in [-0.2, 0) is 6.42 Å². The SMILES string of the molecule is CCOc1ccc(-c2cc(CC#N)c(=O)[nH]n2)cc1. The molecule has 96 valence electrons. The standard InChI is InChI=1S/C14H13N3O2/c1-2-19-12-5-3-10(4-6-12)13-9-11(7-8-15)14(18)17-16-13/h3-6,9H,2,7H2,1H3,(H,17,18). The molecule has 0 fully saturated rings. The number of rotatable bonds is 4. The largest absolute Gasteiger partial charge is 0.494 e. The third-order valence-electron chi connectivity index (χ3n) is 2.61. The molecule has 0 atom stereocenters. The number of hydrogen-bond donors (Lipinski definition) is 1. The van der Waals surface area contributed by atoms with Gasteiger partial charge < -0.3 is 4.74 Å². The third-order valence-corrected chi connectivity index (χ3v) is 2.61. The summed E-state index contributed by atoms with van der Waals surface area (Å²) in [4.78, 5) is 11.4. The highest BCUT2D eigenvalue weighted by Gasteiger charge is 2.05. The fourth-order valence-electron chi connectivity index (χ4n) is 1.70. The smallest absolute Gasteiger partial charge is 0.268 e. The molecule has 1 N–H and O–H groups in total. The average Bonchev–Trinajstić information content (AvgIpc) is 2.43. The lowest BCUT2D eigenvalue weighted by Gasteiger charge is -2.05. The quantitative estimate of drug-likeness (QED) is 0.905. The fraction of sp³-hybridized carbons (Fsp3) is 0.214. The highest BCUT2D eigenvalue weighted by Crippen LogP contribution is 2.20. The summed E-state index contributed by atoms with van der Waals surface area (Å²) in [7, 11) is 0.